The van der Waals surface area contributed by atoms with E-state index in [-0.39, 0.29) is 0 Å². The summed E-state index contributed by atoms with van der Waals surface area (Å²) in [7, 11) is 0. The van der Waals surface area contributed by atoms with Crippen molar-refractivity contribution in [3.05, 3.63) is 28.8 Å². The lowest BCUT2D eigenvalue weighted by Gasteiger charge is -2.06. The Morgan fingerprint density at radius 3 is 2.08 bits per heavy atom. The van der Waals surface area contributed by atoms with E-state index in [2.05, 4.69) is 5.16 Å². The van der Waals surface area contributed by atoms with E-state index in [1.807, 2.05) is 13.8 Å². The standard InChI is InChI=1S/C10H13NO2/c1-6-4-9(8(3)11-13)5-7(2)10(6)12/h4-5,12-13H,1-3H3/b11-8+. The Balaban J connectivity index is 3.29. The van der Waals surface area contributed by atoms with Crippen molar-refractivity contribution in [1.29, 1.82) is 0 Å². The van der Waals surface area contributed by atoms with Gasteiger partial charge in [-0.3, -0.25) is 0 Å². The second-order valence-electron chi connectivity index (χ2n) is 3.14. The minimum Gasteiger partial charge on any atom is -0.507 e. The van der Waals surface area contributed by atoms with Gasteiger partial charge in [0.25, 0.3) is 0 Å². The van der Waals surface area contributed by atoms with Gasteiger partial charge in [-0.05, 0) is 49.6 Å². The third-order valence-electron chi connectivity index (χ3n) is 2.06. The van der Waals surface area contributed by atoms with Crippen LogP contribution >= 0.6 is 0 Å². The maximum absolute atomic E-state index is 9.48. The van der Waals surface area contributed by atoms with Gasteiger partial charge >= 0.3 is 0 Å². The molecule has 13 heavy (non-hydrogen) atoms. The normalized spacial score (nSPS) is 11.8. The lowest BCUT2D eigenvalue weighted by Crippen LogP contribution is -1.96. The molecule has 3 heteroatoms. The molecule has 0 heterocycles. The second kappa shape index (κ2) is 3.47. The summed E-state index contributed by atoms with van der Waals surface area (Å²) in [5, 5.41) is 21.2. The molecule has 0 aliphatic heterocycles. The Kier molecular flexibility index (Phi) is 2.56. The average Bonchev–Trinajstić information content (AvgIpc) is 2.12. The number of hydrogen-bond donors (Lipinski definition) is 2. The maximum Gasteiger partial charge on any atom is 0.121 e. The number of phenolic OH excluding ortho intramolecular Hbond substituents is 1. The van der Waals surface area contributed by atoms with Crippen molar-refractivity contribution >= 4 is 5.71 Å². The van der Waals surface area contributed by atoms with Crippen LogP contribution in [-0.2, 0) is 0 Å². The lowest BCUT2D eigenvalue weighted by molar-refractivity contribution is 0.319. The molecule has 0 fully saturated rings. The number of rotatable bonds is 1. The van der Waals surface area contributed by atoms with Gasteiger partial charge in [0.15, 0.2) is 0 Å². The molecule has 0 amide bonds. The molecule has 0 bridgehead atoms. The van der Waals surface area contributed by atoms with E-state index in [1.54, 1.807) is 19.1 Å². The van der Waals surface area contributed by atoms with Gasteiger partial charge in [-0.1, -0.05) is 5.16 Å². The van der Waals surface area contributed by atoms with Crippen molar-refractivity contribution in [2.24, 2.45) is 5.16 Å². The van der Waals surface area contributed by atoms with Crippen LogP contribution in [0.2, 0.25) is 0 Å². The topological polar surface area (TPSA) is 52.8 Å². The Morgan fingerprint density at radius 2 is 1.69 bits per heavy atom. The van der Waals surface area contributed by atoms with E-state index in [9.17, 15) is 5.11 Å². The predicted molar refractivity (Wildman–Crippen MR) is 51.6 cm³/mol. The van der Waals surface area contributed by atoms with Crippen LogP contribution in [0.4, 0.5) is 0 Å². The number of aromatic hydroxyl groups is 1. The second-order valence-corrected chi connectivity index (χ2v) is 3.14. The monoisotopic (exact) mass is 179 g/mol. The Hall–Kier alpha value is -1.51. The Labute approximate surface area is 77.3 Å². The minimum atomic E-state index is 0.300. The molecule has 0 saturated carbocycles. The number of phenols is 1. The summed E-state index contributed by atoms with van der Waals surface area (Å²) < 4.78 is 0. The first-order valence-electron chi connectivity index (χ1n) is 4.05. The number of hydrogen-bond acceptors (Lipinski definition) is 3. The molecule has 0 atom stereocenters. The van der Waals surface area contributed by atoms with Crippen LogP contribution in [0.3, 0.4) is 0 Å². The van der Waals surface area contributed by atoms with Gasteiger partial charge < -0.3 is 10.3 Å². The molecule has 1 aromatic rings. The van der Waals surface area contributed by atoms with Gasteiger partial charge in [-0.15, -0.1) is 0 Å². The van der Waals surface area contributed by atoms with Gasteiger partial charge in [0, 0.05) is 0 Å². The zero-order valence-corrected chi connectivity index (χ0v) is 8.00. The van der Waals surface area contributed by atoms with Gasteiger partial charge in [0.05, 0.1) is 5.71 Å². The van der Waals surface area contributed by atoms with Crippen molar-refractivity contribution in [2.75, 3.05) is 0 Å². The molecule has 1 rings (SSSR count). The van der Waals surface area contributed by atoms with Crippen LogP contribution in [0.5, 0.6) is 5.75 Å². The smallest absolute Gasteiger partial charge is 0.121 e. The average molecular weight is 179 g/mol. The van der Waals surface area contributed by atoms with Crippen molar-refractivity contribution in [1.82, 2.24) is 0 Å². The summed E-state index contributed by atoms with van der Waals surface area (Å²) in [6.07, 6.45) is 0. The summed E-state index contributed by atoms with van der Waals surface area (Å²) in [5.74, 6) is 0.300. The number of benzene rings is 1. The molecular weight excluding hydrogens is 166 g/mol. The van der Waals surface area contributed by atoms with Crippen LogP contribution in [0.1, 0.15) is 23.6 Å². The maximum atomic E-state index is 9.48. The van der Waals surface area contributed by atoms with E-state index >= 15 is 0 Å². The quantitative estimate of drug-likeness (QED) is 0.394. The van der Waals surface area contributed by atoms with Crippen LogP contribution in [0, 0.1) is 13.8 Å². The number of oxime groups is 1. The Bertz CT molecular complexity index is 333. The third-order valence-corrected chi connectivity index (χ3v) is 2.06. The fraction of sp³-hybridized carbons (Fsp3) is 0.300. The summed E-state index contributed by atoms with van der Waals surface area (Å²) >= 11 is 0. The van der Waals surface area contributed by atoms with Gasteiger partial charge in [0.2, 0.25) is 0 Å². The molecule has 3 nitrogen and oxygen atoms in total. The highest BCUT2D eigenvalue weighted by Crippen LogP contribution is 2.23. The van der Waals surface area contributed by atoms with Crippen LogP contribution in [0.25, 0.3) is 0 Å². The van der Waals surface area contributed by atoms with Crippen molar-refractivity contribution < 1.29 is 10.3 Å². The molecule has 0 aliphatic rings. The van der Waals surface area contributed by atoms with Crippen LogP contribution < -0.4 is 0 Å². The highest BCUT2D eigenvalue weighted by atomic mass is 16.4. The summed E-state index contributed by atoms with van der Waals surface area (Å²) in [5.41, 5.74) is 2.96. The Morgan fingerprint density at radius 1 is 1.23 bits per heavy atom. The van der Waals surface area contributed by atoms with Gasteiger partial charge in [0.1, 0.15) is 5.75 Å². The largest absolute Gasteiger partial charge is 0.507 e. The van der Waals surface area contributed by atoms with E-state index in [1.165, 1.54) is 0 Å². The van der Waals surface area contributed by atoms with E-state index < -0.39 is 0 Å². The van der Waals surface area contributed by atoms with Crippen molar-refractivity contribution in [3.8, 4) is 5.75 Å². The van der Waals surface area contributed by atoms with E-state index in [0.29, 0.717) is 11.5 Å². The van der Waals surface area contributed by atoms with Gasteiger partial charge in [-0.25, -0.2) is 0 Å². The number of aryl methyl sites for hydroxylation is 2. The molecule has 0 radical (unpaired) electrons. The fourth-order valence-corrected chi connectivity index (χ4v) is 1.22. The van der Waals surface area contributed by atoms with Crippen molar-refractivity contribution in [2.45, 2.75) is 20.8 Å². The first-order chi connectivity index (χ1) is 6.06. The highest BCUT2D eigenvalue weighted by Gasteiger charge is 2.05. The van der Waals surface area contributed by atoms with Crippen LogP contribution in [-0.4, -0.2) is 16.0 Å². The highest BCUT2D eigenvalue weighted by molar-refractivity contribution is 5.98. The molecule has 0 unspecified atom stereocenters. The lowest BCUT2D eigenvalue weighted by atomic mass is 10.0. The molecular formula is C10H13NO2. The number of nitrogens with zero attached hydrogens (tertiary/aromatic N) is 1. The minimum absolute atomic E-state index is 0.300. The van der Waals surface area contributed by atoms with Crippen molar-refractivity contribution in [3.63, 3.8) is 0 Å². The zero-order chi connectivity index (χ0) is 10.0. The summed E-state index contributed by atoms with van der Waals surface area (Å²) in [4.78, 5) is 0. The molecule has 0 spiro atoms. The third kappa shape index (κ3) is 1.80. The first-order valence-corrected chi connectivity index (χ1v) is 4.05. The summed E-state index contributed by atoms with van der Waals surface area (Å²) in [6, 6.07) is 3.58. The molecule has 1 aromatic carbocycles. The summed E-state index contributed by atoms with van der Waals surface area (Å²) in [6.45, 7) is 5.35. The SMILES string of the molecule is C/C(=N\O)c1cc(C)c(O)c(C)c1. The molecule has 2 N–H and O–H groups in total. The van der Waals surface area contributed by atoms with E-state index in [0.717, 1.165) is 16.7 Å². The van der Waals surface area contributed by atoms with Gasteiger partial charge in [-0.2, -0.15) is 0 Å². The molecule has 70 valence electrons. The molecule has 0 saturated heterocycles. The molecule has 0 aliphatic carbocycles. The zero-order valence-electron chi connectivity index (χ0n) is 8.00. The van der Waals surface area contributed by atoms with Crippen LogP contribution in [0.15, 0.2) is 17.3 Å². The fourth-order valence-electron chi connectivity index (χ4n) is 1.22. The molecule has 0 aromatic heterocycles. The first kappa shape index (κ1) is 9.58. The predicted octanol–water partition coefficient (Wildman–Crippen LogP) is 2.21. The van der Waals surface area contributed by atoms with E-state index in [4.69, 9.17) is 5.21 Å².